The molecule has 3 rings (SSSR count). The van der Waals surface area contributed by atoms with E-state index in [0.717, 1.165) is 18.2 Å². The van der Waals surface area contributed by atoms with Crippen LogP contribution in [0, 0.1) is 0 Å². The normalized spacial score (nSPS) is 12.1. The maximum Gasteiger partial charge on any atom is 0.417 e. The number of hydrogen-bond acceptors (Lipinski definition) is 5. The minimum absolute atomic E-state index is 0.0405. The molecule has 7 nitrogen and oxygen atoms in total. The maximum absolute atomic E-state index is 12.9. The second kappa shape index (κ2) is 6.74. The molecule has 2 aromatic heterocycles. The Bertz CT molecular complexity index is 1140. The molecule has 1 aromatic carbocycles. The Morgan fingerprint density at radius 2 is 1.85 bits per heavy atom. The van der Waals surface area contributed by atoms with Gasteiger partial charge in [0.25, 0.3) is 15.6 Å². The minimum Gasteiger partial charge on any atom is -0.441 e. The molecule has 0 unspecified atom stereocenters. The molecular formula is C15H9ClF3N3O4S. The summed E-state index contributed by atoms with van der Waals surface area (Å²) in [5.41, 5.74) is -1.81. The van der Waals surface area contributed by atoms with Crippen molar-refractivity contribution < 1.29 is 26.0 Å². The van der Waals surface area contributed by atoms with Gasteiger partial charge in [-0.05, 0) is 36.4 Å². The van der Waals surface area contributed by atoms with E-state index in [0.29, 0.717) is 6.07 Å². The highest BCUT2D eigenvalue weighted by Gasteiger charge is 2.33. The van der Waals surface area contributed by atoms with Crippen molar-refractivity contribution in [1.29, 1.82) is 0 Å². The first kappa shape index (κ1) is 19.0. The van der Waals surface area contributed by atoms with E-state index in [2.05, 4.69) is 10.2 Å². The zero-order valence-corrected chi connectivity index (χ0v) is 14.6. The Labute approximate surface area is 154 Å². The first-order chi connectivity index (χ1) is 12.6. The van der Waals surface area contributed by atoms with E-state index in [-0.39, 0.29) is 17.1 Å². The van der Waals surface area contributed by atoms with E-state index < -0.39 is 37.4 Å². The number of furan rings is 1. The fraction of sp³-hybridized carbons (Fsp3) is 0.0667. The molecule has 0 aliphatic carbocycles. The molecule has 0 aliphatic heterocycles. The highest BCUT2D eigenvalue weighted by Crippen LogP contribution is 2.36. The van der Waals surface area contributed by atoms with Gasteiger partial charge in [-0.3, -0.25) is 9.52 Å². The summed E-state index contributed by atoms with van der Waals surface area (Å²) >= 11 is 5.50. The quantitative estimate of drug-likeness (QED) is 0.673. The number of halogens is 4. The number of sulfonamides is 1. The molecule has 2 N–H and O–H groups in total. The molecule has 0 amide bonds. The van der Waals surface area contributed by atoms with Crippen LogP contribution in [0.4, 0.5) is 18.9 Å². The third-order valence-corrected chi connectivity index (χ3v) is 4.88. The number of nitrogens with zero attached hydrogens (tertiary/aromatic N) is 1. The average molecular weight is 420 g/mol. The highest BCUT2D eigenvalue weighted by atomic mass is 35.5. The van der Waals surface area contributed by atoms with Crippen LogP contribution in [-0.2, 0) is 16.2 Å². The summed E-state index contributed by atoms with van der Waals surface area (Å²) in [5, 5.41) is 4.74. The lowest BCUT2D eigenvalue weighted by molar-refractivity contribution is -0.137. The number of aromatic nitrogens is 2. The largest absolute Gasteiger partial charge is 0.441 e. The molecule has 3 aromatic rings. The fourth-order valence-corrected chi connectivity index (χ4v) is 3.30. The standard InChI is InChI=1S/C15H9ClF3N3O4S/c16-10-2-1-8(7-9(10)15(17,18)19)22-27(24,25)14-6-4-12(26-14)11-3-5-13(23)21-20-11/h1-7,22H,(H,21,23). The maximum atomic E-state index is 12.9. The molecule has 27 heavy (non-hydrogen) atoms. The third kappa shape index (κ3) is 4.14. The molecule has 12 heteroatoms. The fourth-order valence-electron chi connectivity index (χ4n) is 2.10. The van der Waals surface area contributed by atoms with Crippen LogP contribution >= 0.6 is 11.6 Å². The zero-order valence-electron chi connectivity index (χ0n) is 13.0. The van der Waals surface area contributed by atoms with Crippen LogP contribution in [-0.4, -0.2) is 18.6 Å². The summed E-state index contributed by atoms with van der Waals surface area (Å²) in [5.74, 6) is 0.0405. The van der Waals surface area contributed by atoms with Crippen LogP contribution in [0.3, 0.4) is 0 Å². The van der Waals surface area contributed by atoms with Gasteiger partial charge in [0.15, 0.2) is 5.76 Å². The van der Waals surface area contributed by atoms with Crippen molar-refractivity contribution in [3.63, 3.8) is 0 Å². The van der Waals surface area contributed by atoms with Gasteiger partial charge in [-0.25, -0.2) is 5.10 Å². The molecule has 0 bridgehead atoms. The van der Waals surface area contributed by atoms with E-state index in [4.69, 9.17) is 16.0 Å². The lowest BCUT2D eigenvalue weighted by atomic mass is 10.2. The predicted octanol–water partition coefficient (Wildman–Crippen LogP) is 3.50. The number of aromatic amines is 1. The number of benzene rings is 1. The van der Waals surface area contributed by atoms with Gasteiger partial charge < -0.3 is 4.42 Å². The molecule has 0 saturated carbocycles. The van der Waals surface area contributed by atoms with Gasteiger partial charge in [-0.2, -0.15) is 26.7 Å². The van der Waals surface area contributed by atoms with Gasteiger partial charge in [-0.1, -0.05) is 11.6 Å². The van der Waals surface area contributed by atoms with E-state index >= 15 is 0 Å². The van der Waals surface area contributed by atoms with Gasteiger partial charge in [-0.15, -0.1) is 0 Å². The Hall–Kier alpha value is -2.79. The van der Waals surface area contributed by atoms with Crippen molar-refractivity contribution >= 4 is 27.3 Å². The molecule has 2 heterocycles. The summed E-state index contributed by atoms with van der Waals surface area (Å²) in [4.78, 5) is 11.0. The molecule has 142 valence electrons. The number of hydrogen-bond donors (Lipinski definition) is 2. The van der Waals surface area contributed by atoms with E-state index in [1.54, 1.807) is 0 Å². The van der Waals surface area contributed by atoms with Gasteiger partial charge in [0.2, 0.25) is 5.09 Å². The minimum atomic E-state index is -4.74. The lowest BCUT2D eigenvalue weighted by Gasteiger charge is -2.12. The number of nitrogens with one attached hydrogen (secondary N) is 2. The van der Waals surface area contributed by atoms with Crippen molar-refractivity contribution in [3.8, 4) is 11.5 Å². The van der Waals surface area contributed by atoms with Crippen molar-refractivity contribution in [2.75, 3.05) is 4.72 Å². The highest BCUT2D eigenvalue weighted by molar-refractivity contribution is 7.92. The van der Waals surface area contributed by atoms with E-state index in [1.807, 2.05) is 4.72 Å². The van der Waals surface area contributed by atoms with Gasteiger partial charge in [0.05, 0.1) is 10.6 Å². The Balaban J connectivity index is 1.90. The van der Waals surface area contributed by atoms with E-state index in [9.17, 15) is 26.4 Å². The Morgan fingerprint density at radius 3 is 2.48 bits per heavy atom. The Kier molecular flexibility index (Phi) is 4.74. The molecule has 0 saturated heterocycles. The second-order valence-corrected chi connectivity index (χ2v) is 7.24. The van der Waals surface area contributed by atoms with Crippen LogP contribution < -0.4 is 10.3 Å². The molecule has 0 aliphatic rings. The SMILES string of the molecule is O=c1ccc(-c2ccc(S(=O)(=O)Nc3ccc(Cl)c(C(F)(F)F)c3)o2)n[nH]1. The molecule has 0 spiro atoms. The lowest BCUT2D eigenvalue weighted by Crippen LogP contribution is -2.13. The van der Waals surface area contributed by atoms with E-state index in [1.165, 1.54) is 18.2 Å². The first-order valence-electron chi connectivity index (χ1n) is 7.12. The number of anilines is 1. The summed E-state index contributed by atoms with van der Waals surface area (Å²) in [6.07, 6.45) is -4.74. The van der Waals surface area contributed by atoms with Crippen molar-refractivity contribution in [2.45, 2.75) is 11.3 Å². The smallest absolute Gasteiger partial charge is 0.417 e. The molecule has 0 radical (unpaired) electrons. The second-order valence-electron chi connectivity index (χ2n) is 5.22. The van der Waals surface area contributed by atoms with Crippen LogP contribution in [0.1, 0.15) is 5.56 Å². The molecular weight excluding hydrogens is 411 g/mol. The summed E-state index contributed by atoms with van der Waals surface area (Å²) in [6, 6.07) is 7.47. The summed E-state index contributed by atoms with van der Waals surface area (Å²) in [6.45, 7) is 0. The van der Waals surface area contributed by atoms with Crippen molar-refractivity contribution in [1.82, 2.24) is 10.2 Å². The van der Waals surface area contributed by atoms with Crippen molar-refractivity contribution in [2.24, 2.45) is 0 Å². The van der Waals surface area contributed by atoms with Crippen LogP contribution in [0.5, 0.6) is 0 Å². The molecule has 0 atom stereocenters. The Morgan fingerprint density at radius 1 is 1.11 bits per heavy atom. The van der Waals surface area contributed by atoms with Gasteiger partial charge in [0.1, 0.15) is 5.69 Å². The van der Waals surface area contributed by atoms with Gasteiger partial charge in [0, 0.05) is 11.8 Å². The zero-order chi connectivity index (χ0) is 19.8. The monoisotopic (exact) mass is 419 g/mol. The van der Waals surface area contributed by atoms with Crippen LogP contribution in [0.15, 0.2) is 56.8 Å². The first-order valence-corrected chi connectivity index (χ1v) is 8.98. The summed E-state index contributed by atoms with van der Waals surface area (Å²) < 4.78 is 70.5. The summed E-state index contributed by atoms with van der Waals surface area (Å²) in [7, 11) is -4.31. The average Bonchev–Trinajstić information content (AvgIpc) is 3.07. The van der Waals surface area contributed by atoms with Crippen LogP contribution in [0.25, 0.3) is 11.5 Å². The third-order valence-electron chi connectivity index (χ3n) is 3.30. The predicted molar refractivity (Wildman–Crippen MR) is 89.8 cm³/mol. The topological polar surface area (TPSA) is 105 Å². The van der Waals surface area contributed by atoms with Gasteiger partial charge >= 0.3 is 6.18 Å². The van der Waals surface area contributed by atoms with Crippen LogP contribution in [0.2, 0.25) is 5.02 Å². The number of alkyl halides is 3. The molecule has 0 fully saturated rings. The number of rotatable bonds is 4. The van der Waals surface area contributed by atoms with Crippen molar-refractivity contribution in [3.05, 3.63) is 63.4 Å². The number of H-pyrrole nitrogens is 1.